The molecule has 34 heavy (non-hydrogen) atoms. The van der Waals surface area contributed by atoms with Crippen molar-refractivity contribution in [1.82, 2.24) is 0 Å². The minimum atomic E-state index is -3.23. The average molecular weight is 465 g/mol. The summed E-state index contributed by atoms with van der Waals surface area (Å²) in [5.41, 5.74) is 0.918. The first-order chi connectivity index (χ1) is 16.6. The number of hydrogen-bond donors (Lipinski definition) is 1. The third kappa shape index (κ3) is 4.09. The summed E-state index contributed by atoms with van der Waals surface area (Å²) in [6.07, 6.45) is 1.57. The maximum atomic E-state index is 15.0. The summed E-state index contributed by atoms with van der Waals surface area (Å²) in [6, 6.07) is 38.1. The largest absolute Gasteiger partial charge is 0.444 e. The Kier molecular flexibility index (Phi) is 5.91. The van der Waals surface area contributed by atoms with Crippen molar-refractivity contribution >= 4 is 29.4 Å². The molecule has 0 amide bonds. The van der Waals surface area contributed by atoms with Gasteiger partial charge in [0.2, 0.25) is 0 Å². The number of rotatable bonds is 7. The van der Waals surface area contributed by atoms with E-state index in [2.05, 4.69) is 5.32 Å². The van der Waals surface area contributed by atoms with Gasteiger partial charge in [-0.3, -0.25) is 0 Å². The van der Waals surface area contributed by atoms with E-state index in [-0.39, 0.29) is 6.16 Å². The van der Waals surface area contributed by atoms with Crippen molar-refractivity contribution < 1.29 is 14.1 Å². The van der Waals surface area contributed by atoms with Crippen LogP contribution in [-0.2, 0) is 19.7 Å². The van der Waals surface area contributed by atoms with Gasteiger partial charge >= 0.3 is 5.97 Å². The van der Waals surface area contributed by atoms with Crippen molar-refractivity contribution in [2.24, 2.45) is 0 Å². The lowest BCUT2D eigenvalue weighted by molar-refractivity contribution is -0.145. The number of carbonyl (C=O) groups excluding carboxylic acids is 1. The number of anilines is 1. The number of esters is 1. The Bertz CT molecular complexity index is 1310. The van der Waals surface area contributed by atoms with E-state index in [1.165, 1.54) is 6.08 Å². The van der Waals surface area contributed by atoms with Gasteiger partial charge in [-0.1, -0.05) is 109 Å². The van der Waals surface area contributed by atoms with Crippen LogP contribution in [0, 0.1) is 0 Å². The minimum Gasteiger partial charge on any atom is -0.444 e. The van der Waals surface area contributed by atoms with Crippen molar-refractivity contribution in [3.63, 3.8) is 0 Å². The normalized spacial score (nSPS) is 17.6. The SMILES string of the molecule is O=C1C=C(Nc2ccccc2)C(CP(=O)(c2ccccc2)c2ccccc2)(c2ccccc2)O1. The van der Waals surface area contributed by atoms with Gasteiger partial charge in [-0.05, 0) is 12.1 Å². The molecule has 1 N–H and O–H groups in total. The molecule has 0 bridgehead atoms. The van der Waals surface area contributed by atoms with Crippen LogP contribution < -0.4 is 15.9 Å². The topological polar surface area (TPSA) is 55.4 Å². The number of nitrogens with one attached hydrogen (secondary N) is 1. The highest BCUT2D eigenvalue weighted by atomic mass is 31.2. The van der Waals surface area contributed by atoms with Crippen LogP contribution in [0.2, 0.25) is 0 Å². The predicted octanol–water partition coefficient (Wildman–Crippen LogP) is 5.45. The molecular weight excluding hydrogens is 441 g/mol. The molecule has 0 saturated heterocycles. The molecule has 0 radical (unpaired) electrons. The lowest BCUT2D eigenvalue weighted by atomic mass is 9.92. The van der Waals surface area contributed by atoms with E-state index in [9.17, 15) is 4.79 Å². The van der Waals surface area contributed by atoms with Gasteiger partial charge in [0.25, 0.3) is 0 Å². The Morgan fingerprint density at radius 3 is 1.68 bits per heavy atom. The monoisotopic (exact) mass is 465 g/mol. The van der Waals surface area contributed by atoms with Crippen LogP contribution in [0.3, 0.4) is 0 Å². The Hall–Kier alpha value is -3.88. The molecule has 1 heterocycles. The lowest BCUT2D eigenvalue weighted by Crippen LogP contribution is -2.39. The average Bonchev–Trinajstić information content (AvgIpc) is 3.21. The van der Waals surface area contributed by atoms with E-state index in [4.69, 9.17) is 4.74 Å². The Morgan fingerprint density at radius 1 is 0.676 bits per heavy atom. The van der Waals surface area contributed by atoms with Gasteiger partial charge in [-0.2, -0.15) is 0 Å². The van der Waals surface area contributed by atoms with Crippen molar-refractivity contribution in [3.8, 4) is 0 Å². The highest BCUT2D eigenvalue weighted by molar-refractivity contribution is 7.78. The summed E-state index contributed by atoms with van der Waals surface area (Å²) >= 11 is 0. The standard InChI is InChI=1S/C29H24NO3P/c31-28-21-27(30-24-15-7-2-8-16-24)29(33-28,23-13-5-1-6-14-23)22-34(32,25-17-9-3-10-18-25)26-19-11-4-12-20-26/h1-21,30H,22H2. The molecule has 1 aliphatic rings. The third-order valence-corrected chi connectivity index (χ3v) is 9.21. The molecule has 1 aliphatic heterocycles. The molecule has 5 heteroatoms. The molecule has 168 valence electrons. The van der Waals surface area contributed by atoms with Gasteiger partial charge in [0.05, 0.1) is 11.9 Å². The molecular formula is C29H24NO3P. The van der Waals surface area contributed by atoms with E-state index < -0.39 is 18.7 Å². The van der Waals surface area contributed by atoms with E-state index in [1.807, 2.05) is 121 Å². The molecule has 0 aliphatic carbocycles. The number of para-hydroxylation sites is 1. The van der Waals surface area contributed by atoms with Crippen LogP contribution in [0.5, 0.6) is 0 Å². The van der Waals surface area contributed by atoms with Crippen LogP contribution in [-0.4, -0.2) is 12.1 Å². The lowest BCUT2D eigenvalue weighted by Gasteiger charge is -2.35. The van der Waals surface area contributed by atoms with Gasteiger partial charge in [0.1, 0.15) is 7.14 Å². The Labute approximate surface area is 199 Å². The first-order valence-electron chi connectivity index (χ1n) is 11.1. The van der Waals surface area contributed by atoms with Gasteiger partial charge in [0, 0.05) is 27.9 Å². The van der Waals surface area contributed by atoms with Gasteiger partial charge in [-0.25, -0.2) is 4.79 Å². The zero-order chi connectivity index (χ0) is 23.4. The number of carbonyl (C=O) groups is 1. The first-order valence-corrected chi connectivity index (χ1v) is 13.0. The molecule has 1 unspecified atom stereocenters. The third-order valence-electron chi connectivity index (χ3n) is 6.06. The molecule has 4 nitrogen and oxygen atoms in total. The summed E-state index contributed by atoms with van der Waals surface area (Å²) in [7, 11) is -3.23. The van der Waals surface area contributed by atoms with Crippen molar-refractivity contribution in [1.29, 1.82) is 0 Å². The molecule has 0 saturated carbocycles. The predicted molar refractivity (Wildman–Crippen MR) is 137 cm³/mol. The fourth-order valence-corrected chi connectivity index (χ4v) is 7.43. The van der Waals surface area contributed by atoms with Crippen molar-refractivity contribution in [3.05, 3.63) is 139 Å². The summed E-state index contributed by atoms with van der Waals surface area (Å²) < 4.78 is 21.1. The maximum Gasteiger partial charge on any atom is 0.333 e. The second-order valence-electron chi connectivity index (χ2n) is 8.23. The molecule has 0 aromatic heterocycles. The van der Waals surface area contributed by atoms with Crippen LogP contribution >= 0.6 is 7.14 Å². The second-order valence-corrected chi connectivity index (χ2v) is 11.1. The van der Waals surface area contributed by atoms with Crippen molar-refractivity contribution in [2.45, 2.75) is 5.60 Å². The minimum absolute atomic E-state index is 0.0927. The molecule has 0 spiro atoms. The van der Waals surface area contributed by atoms with Gasteiger partial charge in [-0.15, -0.1) is 0 Å². The van der Waals surface area contributed by atoms with E-state index in [0.29, 0.717) is 5.70 Å². The molecule has 1 atom stereocenters. The van der Waals surface area contributed by atoms with Crippen LogP contribution in [0.25, 0.3) is 0 Å². The molecule has 0 fully saturated rings. The van der Waals surface area contributed by atoms with Gasteiger partial charge in [0.15, 0.2) is 5.60 Å². The van der Waals surface area contributed by atoms with Crippen LogP contribution in [0.4, 0.5) is 5.69 Å². The smallest absolute Gasteiger partial charge is 0.333 e. The maximum absolute atomic E-state index is 15.0. The molecule has 4 aromatic carbocycles. The summed E-state index contributed by atoms with van der Waals surface area (Å²) in [4.78, 5) is 12.8. The highest BCUT2D eigenvalue weighted by Crippen LogP contribution is 2.53. The Balaban J connectivity index is 1.69. The zero-order valence-corrected chi connectivity index (χ0v) is 19.4. The van der Waals surface area contributed by atoms with Crippen LogP contribution in [0.15, 0.2) is 133 Å². The van der Waals surface area contributed by atoms with Crippen molar-refractivity contribution in [2.75, 3.05) is 11.5 Å². The number of cyclic esters (lactones) is 1. The fourth-order valence-electron chi connectivity index (χ4n) is 4.42. The van der Waals surface area contributed by atoms with Gasteiger partial charge < -0.3 is 14.6 Å². The summed E-state index contributed by atoms with van der Waals surface area (Å²) in [5.74, 6) is -0.463. The molecule has 5 rings (SSSR count). The highest BCUT2D eigenvalue weighted by Gasteiger charge is 2.50. The van der Waals surface area contributed by atoms with E-state index >= 15 is 4.57 Å². The first kappa shape index (κ1) is 21.9. The second kappa shape index (κ2) is 9.17. The fraction of sp³-hybridized carbons (Fsp3) is 0.0690. The zero-order valence-electron chi connectivity index (χ0n) is 18.5. The number of hydrogen-bond acceptors (Lipinski definition) is 4. The summed E-state index contributed by atoms with van der Waals surface area (Å²) in [5, 5.41) is 4.82. The van der Waals surface area contributed by atoms with E-state index in [1.54, 1.807) is 0 Å². The number of benzene rings is 4. The quantitative estimate of drug-likeness (QED) is 0.291. The molecule has 4 aromatic rings. The number of ether oxygens (including phenoxy) is 1. The van der Waals surface area contributed by atoms with E-state index in [0.717, 1.165) is 21.9 Å². The Morgan fingerprint density at radius 2 is 1.15 bits per heavy atom. The van der Waals surface area contributed by atoms with Crippen LogP contribution in [0.1, 0.15) is 5.56 Å². The summed E-state index contributed by atoms with van der Waals surface area (Å²) in [6.45, 7) is 0.